The average Bonchev–Trinajstić information content (AvgIpc) is 3.03. The minimum atomic E-state index is -3.46. The van der Waals surface area contributed by atoms with Crippen LogP contribution in [-0.2, 0) is 26.2 Å². The predicted molar refractivity (Wildman–Crippen MR) is 108 cm³/mol. The summed E-state index contributed by atoms with van der Waals surface area (Å²) in [5, 5.41) is 14.0. The Kier molecular flexibility index (Phi) is 6.08. The van der Waals surface area contributed by atoms with Crippen molar-refractivity contribution >= 4 is 49.1 Å². The van der Waals surface area contributed by atoms with Gasteiger partial charge in [-0.1, -0.05) is 6.07 Å². The van der Waals surface area contributed by atoms with Gasteiger partial charge in [0.2, 0.25) is 10.0 Å². The second-order valence-corrected chi connectivity index (χ2v) is 9.20. The lowest BCUT2D eigenvalue weighted by Gasteiger charge is -2.18. The Morgan fingerprint density at radius 1 is 1.17 bits per heavy atom. The minimum absolute atomic E-state index is 0.00183. The monoisotopic (exact) mass is 485 g/mol. The zero-order valence-electron chi connectivity index (χ0n) is 15.0. The summed E-state index contributed by atoms with van der Waals surface area (Å²) in [5.74, 6) is -2.85. The number of carbonyl (C=O) groups is 2. The van der Waals surface area contributed by atoms with Gasteiger partial charge in [0, 0.05) is 13.1 Å². The molecule has 1 aliphatic heterocycles. The Balaban J connectivity index is 1.67. The fraction of sp³-hybridized carbons (Fsp3) is 0.222. The molecule has 0 saturated carbocycles. The van der Waals surface area contributed by atoms with Crippen LogP contribution in [0.3, 0.4) is 0 Å². The molecular formula is C18H17BrFN3O5S. The van der Waals surface area contributed by atoms with Crippen molar-refractivity contribution in [2.75, 3.05) is 21.9 Å². The molecule has 154 valence electrons. The van der Waals surface area contributed by atoms with Crippen molar-refractivity contribution in [1.29, 1.82) is 0 Å². The van der Waals surface area contributed by atoms with Gasteiger partial charge in [-0.15, -0.1) is 0 Å². The van der Waals surface area contributed by atoms with Crippen LogP contribution < -0.4 is 14.9 Å². The highest BCUT2D eigenvalue weighted by atomic mass is 79.9. The Morgan fingerprint density at radius 2 is 1.93 bits per heavy atom. The van der Waals surface area contributed by atoms with Gasteiger partial charge in [0.25, 0.3) is 0 Å². The molecule has 1 aliphatic rings. The van der Waals surface area contributed by atoms with Crippen LogP contribution in [0.25, 0.3) is 0 Å². The van der Waals surface area contributed by atoms with E-state index in [1.807, 2.05) is 0 Å². The summed E-state index contributed by atoms with van der Waals surface area (Å²) in [6.45, 7) is 0.281. The number of nitrogens with one attached hydrogen (secondary N) is 2. The van der Waals surface area contributed by atoms with E-state index in [2.05, 4.69) is 26.6 Å². The van der Waals surface area contributed by atoms with Gasteiger partial charge in [-0.05, 0) is 58.2 Å². The van der Waals surface area contributed by atoms with Gasteiger partial charge in [0.05, 0.1) is 21.6 Å². The SMILES string of the molecule is O=C(NCc1ccc(O)c(Br)c1)C(=O)Nc1cc(N2CCCS2(=O)=O)ccc1F. The summed E-state index contributed by atoms with van der Waals surface area (Å²) >= 11 is 3.15. The van der Waals surface area contributed by atoms with Crippen LogP contribution in [0.5, 0.6) is 5.75 Å². The molecule has 1 heterocycles. The van der Waals surface area contributed by atoms with Gasteiger partial charge in [0.1, 0.15) is 11.6 Å². The van der Waals surface area contributed by atoms with Crippen molar-refractivity contribution in [2.45, 2.75) is 13.0 Å². The van der Waals surface area contributed by atoms with E-state index >= 15 is 0 Å². The van der Waals surface area contributed by atoms with Gasteiger partial charge in [0.15, 0.2) is 0 Å². The van der Waals surface area contributed by atoms with Crippen LogP contribution >= 0.6 is 15.9 Å². The van der Waals surface area contributed by atoms with Crippen molar-refractivity contribution < 1.29 is 27.5 Å². The topological polar surface area (TPSA) is 116 Å². The normalized spacial score (nSPS) is 15.2. The average molecular weight is 486 g/mol. The molecule has 2 aromatic rings. The second kappa shape index (κ2) is 8.37. The van der Waals surface area contributed by atoms with Crippen LogP contribution in [0.1, 0.15) is 12.0 Å². The van der Waals surface area contributed by atoms with Gasteiger partial charge in [-0.2, -0.15) is 0 Å². The number of halogens is 2. The quantitative estimate of drug-likeness (QED) is 0.573. The largest absolute Gasteiger partial charge is 0.507 e. The molecule has 0 aromatic heterocycles. The number of benzene rings is 2. The minimum Gasteiger partial charge on any atom is -0.507 e. The van der Waals surface area contributed by atoms with Gasteiger partial charge in [-0.25, -0.2) is 12.8 Å². The number of amides is 2. The first-order valence-corrected chi connectivity index (χ1v) is 10.9. The van der Waals surface area contributed by atoms with Crippen LogP contribution in [0.4, 0.5) is 15.8 Å². The predicted octanol–water partition coefficient (Wildman–Crippen LogP) is 2.09. The molecular weight excluding hydrogens is 469 g/mol. The van der Waals surface area contributed by atoms with Crippen LogP contribution in [-0.4, -0.2) is 37.6 Å². The van der Waals surface area contributed by atoms with Crippen molar-refractivity contribution in [1.82, 2.24) is 5.32 Å². The Bertz CT molecular complexity index is 1080. The molecule has 0 aliphatic carbocycles. The fourth-order valence-electron chi connectivity index (χ4n) is 2.80. The molecule has 0 bridgehead atoms. The van der Waals surface area contributed by atoms with E-state index in [4.69, 9.17) is 0 Å². The van der Waals surface area contributed by atoms with Crippen molar-refractivity contribution in [3.05, 3.63) is 52.3 Å². The molecule has 0 atom stereocenters. The highest BCUT2D eigenvalue weighted by Crippen LogP contribution is 2.28. The number of aromatic hydroxyl groups is 1. The highest BCUT2D eigenvalue weighted by molar-refractivity contribution is 9.10. The smallest absolute Gasteiger partial charge is 0.313 e. The fourth-order valence-corrected chi connectivity index (χ4v) is 4.78. The number of carbonyl (C=O) groups excluding carboxylic acids is 2. The van der Waals surface area contributed by atoms with Crippen LogP contribution in [0.15, 0.2) is 40.9 Å². The molecule has 1 fully saturated rings. The van der Waals surface area contributed by atoms with Crippen molar-refractivity contribution in [2.24, 2.45) is 0 Å². The molecule has 0 radical (unpaired) electrons. The third-order valence-electron chi connectivity index (χ3n) is 4.26. The number of sulfonamides is 1. The third kappa shape index (κ3) is 4.85. The Labute approximate surface area is 174 Å². The molecule has 2 amide bonds. The van der Waals surface area contributed by atoms with Crippen molar-refractivity contribution in [3.63, 3.8) is 0 Å². The first-order valence-electron chi connectivity index (χ1n) is 8.54. The van der Waals surface area contributed by atoms with E-state index in [0.717, 1.165) is 10.4 Å². The highest BCUT2D eigenvalue weighted by Gasteiger charge is 2.29. The summed E-state index contributed by atoms with van der Waals surface area (Å²) in [7, 11) is -3.46. The Hall–Kier alpha value is -2.66. The maximum absolute atomic E-state index is 14.1. The first kappa shape index (κ1) is 21.1. The zero-order chi connectivity index (χ0) is 21.2. The third-order valence-corrected chi connectivity index (χ3v) is 6.76. The van der Waals surface area contributed by atoms with Crippen LogP contribution in [0, 0.1) is 5.82 Å². The number of rotatable bonds is 4. The Morgan fingerprint density at radius 3 is 2.59 bits per heavy atom. The van der Waals surface area contributed by atoms with Gasteiger partial charge >= 0.3 is 11.8 Å². The van der Waals surface area contributed by atoms with Crippen LogP contribution in [0.2, 0.25) is 0 Å². The van der Waals surface area contributed by atoms with E-state index in [9.17, 15) is 27.5 Å². The summed E-state index contributed by atoms with van der Waals surface area (Å²) in [5.41, 5.74) is 0.550. The van der Waals surface area contributed by atoms with E-state index in [-0.39, 0.29) is 36.0 Å². The number of nitrogens with zero attached hydrogens (tertiary/aromatic N) is 1. The summed E-state index contributed by atoms with van der Waals surface area (Å²) < 4.78 is 39.7. The molecule has 0 spiro atoms. The maximum Gasteiger partial charge on any atom is 0.313 e. The number of phenolic OH excluding ortho intramolecular Hbond substituents is 1. The first-order chi connectivity index (χ1) is 13.7. The molecule has 8 nitrogen and oxygen atoms in total. The lowest BCUT2D eigenvalue weighted by atomic mass is 10.2. The van der Waals surface area contributed by atoms with Crippen molar-refractivity contribution in [3.8, 4) is 5.75 Å². The van der Waals surface area contributed by atoms with E-state index in [1.165, 1.54) is 18.2 Å². The number of phenols is 1. The number of anilines is 2. The standard InChI is InChI=1S/C18H17BrFN3O5S/c19-13-8-11(2-5-16(13)24)10-21-17(25)18(26)22-15-9-12(3-4-14(15)20)23-6-1-7-29(23,27)28/h2-5,8-9,24H,1,6-7,10H2,(H,21,25)(H,22,26). The molecule has 2 aromatic carbocycles. The molecule has 11 heteroatoms. The number of hydrogen-bond acceptors (Lipinski definition) is 5. The lowest BCUT2D eigenvalue weighted by Crippen LogP contribution is -2.35. The van der Waals surface area contributed by atoms with Gasteiger partial charge in [-0.3, -0.25) is 13.9 Å². The number of hydrogen-bond donors (Lipinski definition) is 3. The van der Waals surface area contributed by atoms with E-state index in [1.54, 1.807) is 12.1 Å². The summed E-state index contributed by atoms with van der Waals surface area (Å²) in [6, 6.07) is 8.09. The second-order valence-electron chi connectivity index (χ2n) is 6.33. The van der Waals surface area contributed by atoms with E-state index in [0.29, 0.717) is 16.5 Å². The summed E-state index contributed by atoms with van der Waals surface area (Å²) in [6.07, 6.45) is 0.456. The summed E-state index contributed by atoms with van der Waals surface area (Å²) in [4.78, 5) is 24.1. The lowest BCUT2D eigenvalue weighted by molar-refractivity contribution is -0.136. The molecule has 1 saturated heterocycles. The molecule has 3 rings (SSSR count). The molecule has 0 unspecified atom stereocenters. The zero-order valence-corrected chi connectivity index (χ0v) is 17.4. The molecule has 29 heavy (non-hydrogen) atoms. The van der Waals surface area contributed by atoms with E-state index < -0.39 is 27.7 Å². The maximum atomic E-state index is 14.1. The molecule has 3 N–H and O–H groups in total. The van der Waals surface area contributed by atoms with Gasteiger partial charge < -0.3 is 15.7 Å².